The number of ketones is 1. The Kier molecular flexibility index (Phi) is 4.25. The molecule has 122 valence electrons. The lowest BCUT2D eigenvalue weighted by molar-refractivity contribution is -0.0500. The predicted molar refractivity (Wildman–Crippen MR) is 73.0 cm³/mol. The SMILES string of the molecule is CC(C)C1CCc2cc(OS(=O)(=O)C(F)(F)F)ccc2C1=O. The van der Waals surface area contributed by atoms with Crippen LogP contribution in [-0.4, -0.2) is 19.7 Å². The molecule has 0 N–H and O–H groups in total. The van der Waals surface area contributed by atoms with Gasteiger partial charge in [-0.15, -0.1) is 0 Å². The molecule has 1 unspecified atom stereocenters. The minimum Gasteiger partial charge on any atom is -0.376 e. The van der Waals surface area contributed by atoms with Gasteiger partial charge in [0.25, 0.3) is 0 Å². The zero-order chi connectivity index (χ0) is 16.7. The summed E-state index contributed by atoms with van der Waals surface area (Å²) in [7, 11) is -5.70. The van der Waals surface area contributed by atoms with E-state index in [0.717, 1.165) is 6.07 Å². The molecule has 1 aromatic carbocycles. The summed E-state index contributed by atoms with van der Waals surface area (Å²) < 4.78 is 62.9. The highest BCUT2D eigenvalue weighted by atomic mass is 32.2. The second kappa shape index (κ2) is 5.57. The minimum atomic E-state index is -5.70. The van der Waals surface area contributed by atoms with Gasteiger partial charge in [-0.05, 0) is 42.5 Å². The van der Waals surface area contributed by atoms with Crippen molar-refractivity contribution in [2.45, 2.75) is 32.2 Å². The van der Waals surface area contributed by atoms with Crippen LogP contribution < -0.4 is 4.18 Å². The van der Waals surface area contributed by atoms with E-state index in [4.69, 9.17) is 0 Å². The molecule has 0 radical (unpaired) electrons. The largest absolute Gasteiger partial charge is 0.534 e. The number of benzene rings is 1. The second-order valence-corrected chi connectivity index (χ2v) is 7.09. The van der Waals surface area contributed by atoms with Gasteiger partial charge in [-0.25, -0.2) is 0 Å². The van der Waals surface area contributed by atoms with Crippen molar-refractivity contribution in [2.24, 2.45) is 11.8 Å². The molecule has 4 nitrogen and oxygen atoms in total. The fourth-order valence-electron chi connectivity index (χ4n) is 2.52. The maximum absolute atomic E-state index is 12.3. The van der Waals surface area contributed by atoms with Crippen LogP contribution in [0.25, 0.3) is 0 Å². The van der Waals surface area contributed by atoms with Crippen LogP contribution in [0.2, 0.25) is 0 Å². The molecule has 2 rings (SSSR count). The van der Waals surface area contributed by atoms with E-state index >= 15 is 0 Å². The lowest BCUT2D eigenvalue weighted by Crippen LogP contribution is -2.29. The number of carbonyl (C=O) groups excluding carboxylic acids is 1. The summed E-state index contributed by atoms with van der Waals surface area (Å²) in [4.78, 5) is 12.3. The van der Waals surface area contributed by atoms with Gasteiger partial charge in [0.1, 0.15) is 5.75 Å². The molecule has 0 heterocycles. The fraction of sp³-hybridized carbons (Fsp3) is 0.500. The Bertz CT molecular complexity index is 693. The smallest absolute Gasteiger partial charge is 0.376 e. The van der Waals surface area contributed by atoms with Gasteiger partial charge in [-0.1, -0.05) is 13.8 Å². The van der Waals surface area contributed by atoms with Gasteiger partial charge in [-0.2, -0.15) is 21.6 Å². The van der Waals surface area contributed by atoms with E-state index in [1.807, 2.05) is 13.8 Å². The summed E-state index contributed by atoms with van der Waals surface area (Å²) in [5.74, 6) is -0.464. The van der Waals surface area contributed by atoms with Crippen LogP contribution in [0.3, 0.4) is 0 Å². The molecule has 0 spiro atoms. The number of hydrogen-bond donors (Lipinski definition) is 0. The third kappa shape index (κ3) is 3.11. The van der Waals surface area contributed by atoms with E-state index in [1.165, 1.54) is 12.1 Å². The van der Waals surface area contributed by atoms with Crippen molar-refractivity contribution in [1.82, 2.24) is 0 Å². The summed E-state index contributed by atoms with van der Waals surface area (Å²) in [5.41, 5.74) is -4.56. The van der Waals surface area contributed by atoms with Crippen molar-refractivity contribution >= 4 is 15.9 Å². The molecule has 1 aliphatic rings. The highest BCUT2D eigenvalue weighted by Gasteiger charge is 2.48. The average molecular weight is 336 g/mol. The lowest BCUT2D eigenvalue weighted by Gasteiger charge is -2.26. The van der Waals surface area contributed by atoms with E-state index in [0.29, 0.717) is 24.0 Å². The number of fused-ring (bicyclic) bond motifs is 1. The Balaban J connectivity index is 2.30. The van der Waals surface area contributed by atoms with Gasteiger partial charge in [0.2, 0.25) is 0 Å². The molecule has 0 bridgehead atoms. The van der Waals surface area contributed by atoms with Crippen LogP contribution in [0.1, 0.15) is 36.2 Å². The first kappa shape index (κ1) is 16.8. The number of rotatable bonds is 3. The fourth-order valence-corrected chi connectivity index (χ4v) is 2.97. The normalized spacial score (nSPS) is 19.2. The number of hydrogen-bond acceptors (Lipinski definition) is 4. The van der Waals surface area contributed by atoms with Crippen LogP contribution in [0.5, 0.6) is 5.75 Å². The Labute approximate surface area is 126 Å². The molecule has 22 heavy (non-hydrogen) atoms. The Morgan fingerprint density at radius 2 is 1.91 bits per heavy atom. The Morgan fingerprint density at radius 1 is 1.27 bits per heavy atom. The Morgan fingerprint density at radius 3 is 2.45 bits per heavy atom. The molecule has 0 aromatic heterocycles. The molecular weight excluding hydrogens is 321 g/mol. The lowest BCUT2D eigenvalue weighted by atomic mass is 9.77. The van der Waals surface area contributed by atoms with Crippen molar-refractivity contribution < 1.29 is 30.6 Å². The minimum absolute atomic E-state index is 0.0681. The summed E-state index contributed by atoms with van der Waals surface area (Å²) >= 11 is 0. The second-order valence-electron chi connectivity index (χ2n) is 5.56. The third-order valence-electron chi connectivity index (χ3n) is 3.70. The standard InChI is InChI=1S/C14H15F3O4S/c1-8(2)11-5-3-9-7-10(4-6-12(9)13(11)18)21-22(19,20)14(15,16)17/h4,6-8,11H,3,5H2,1-2H3. The molecule has 0 amide bonds. The molecule has 0 saturated heterocycles. The molecule has 8 heteroatoms. The first-order chi connectivity index (χ1) is 10.0. The van der Waals surface area contributed by atoms with Gasteiger partial charge in [-0.3, -0.25) is 4.79 Å². The molecule has 1 aliphatic carbocycles. The van der Waals surface area contributed by atoms with Crippen molar-refractivity contribution in [3.8, 4) is 5.75 Å². The van der Waals surface area contributed by atoms with E-state index in [2.05, 4.69) is 4.18 Å². The van der Waals surface area contributed by atoms with E-state index < -0.39 is 21.4 Å². The van der Waals surface area contributed by atoms with Gasteiger partial charge in [0.15, 0.2) is 5.78 Å². The van der Waals surface area contributed by atoms with Crippen molar-refractivity contribution in [2.75, 3.05) is 0 Å². The number of Topliss-reactive ketones (excluding diaryl/α,β-unsaturated/α-hetero) is 1. The Hall–Kier alpha value is -1.57. The highest BCUT2D eigenvalue weighted by molar-refractivity contribution is 7.88. The summed E-state index contributed by atoms with van der Waals surface area (Å²) in [5, 5.41) is 0. The molecule has 1 aromatic rings. The summed E-state index contributed by atoms with van der Waals surface area (Å²) in [6.45, 7) is 3.86. The first-order valence-corrected chi connectivity index (χ1v) is 8.11. The number of halogens is 3. The summed E-state index contributed by atoms with van der Waals surface area (Å²) in [6, 6.07) is 3.59. The average Bonchev–Trinajstić information content (AvgIpc) is 2.36. The van der Waals surface area contributed by atoms with Crippen LogP contribution in [0.4, 0.5) is 13.2 Å². The number of alkyl halides is 3. The first-order valence-electron chi connectivity index (χ1n) is 6.71. The van der Waals surface area contributed by atoms with Crippen LogP contribution in [-0.2, 0) is 16.5 Å². The molecule has 0 fully saturated rings. The molecule has 0 saturated carbocycles. The third-order valence-corrected chi connectivity index (χ3v) is 4.68. The van der Waals surface area contributed by atoms with E-state index in [-0.39, 0.29) is 17.6 Å². The van der Waals surface area contributed by atoms with Crippen molar-refractivity contribution in [3.63, 3.8) is 0 Å². The zero-order valence-electron chi connectivity index (χ0n) is 12.0. The van der Waals surface area contributed by atoms with Gasteiger partial charge in [0.05, 0.1) is 0 Å². The van der Waals surface area contributed by atoms with E-state index in [9.17, 15) is 26.4 Å². The molecule has 1 atom stereocenters. The molecular formula is C14H15F3O4S. The zero-order valence-corrected chi connectivity index (χ0v) is 12.8. The molecule has 0 aliphatic heterocycles. The predicted octanol–water partition coefficient (Wildman–Crippen LogP) is 3.32. The van der Waals surface area contributed by atoms with E-state index in [1.54, 1.807) is 0 Å². The van der Waals surface area contributed by atoms with Gasteiger partial charge >= 0.3 is 15.6 Å². The summed E-state index contributed by atoms with van der Waals surface area (Å²) in [6.07, 6.45) is 1.08. The van der Waals surface area contributed by atoms with Crippen molar-refractivity contribution in [1.29, 1.82) is 0 Å². The number of carbonyl (C=O) groups is 1. The highest BCUT2D eigenvalue weighted by Crippen LogP contribution is 2.33. The maximum Gasteiger partial charge on any atom is 0.534 e. The van der Waals surface area contributed by atoms with Gasteiger partial charge in [0, 0.05) is 11.5 Å². The quantitative estimate of drug-likeness (QED) is 0.627. The van der Waals surface area contributed by atoms with Crippen LogP contribution >= 0.6 is 0 Å². The topological polar surface area (TPSA) is 60.4 Å². The van der Waals surface area contributed by atoms with Crippen LogP contribution in [0, 0.1) is 11.8 Å². The maximum atomic E-state index is 12.3. The van der Waals surface area contributed by atoms with Gasteiger partial charge < -0.3 is 4.18 Å². The number of aryl methyl sites for hydroxylation is 1. The van der Waals surface area contributed by atoms with Crippen LogP contribution in [0.15, 0.2) is 18.2 Å². The monoisotopic (exact) mass is 336 g/mol. The van der Waals surface area contributed by atoms with Crippen molar-refractivity contribution in [3.05, 3.63) is 29.3 Å².